The van der Waals surface area contributed by atoms with Gasteiger partial charge in [-0.3, -0.25) is 4.90 Å². The van der Waals surface area contributed by atoms with Gasteiger partial charge in [0.2, 0.25) is 0 Å². The molecule has 3 rings (SSSR count). The summed E-state index contributed by atoms with van der Waals surface area (Å²) in [6.07, 6.45) is 2.40. The van der Waals surface area contributed by atoms with Crippen LogP contribution in [-0.2, 0) is 0 Å². The molecule has 2 atom stereocenters. The summed E-state index contributed by atoms with van der Waals surface area (Å²) in [5, 5.41) is 11.7. The van der Waals surface area contributed by atoms with Gasteiger partial charge in [0, 0.05) is 39.3 Å². The summed E-state index contributed by atoms with van der Waals surface area (Å²) in [6.45, 7) is 6.22. The van der Waals surface area contributed by atoms with E-state index in [1.807, 2.05) is 31.0 Å². The average molecular weight is 356 g/mol. The first-order valence-corrected chi connectivity index (χ1v) is 9.48. The van der Waals surface area contributed by atoms with Crippen molar-refractivity contribution < 1.29 is 9.53 Å². The molecule has 2 fully saturated rings. The summed E-state index contributed by atoms with van der Waals surface area (Å²) in [6, 6.07) is 9.76. The summed E-state index contributed by atoms with van der Waals surface area (Å²) >= 11 is 0. The number of benzene rings is 1. The molecule has 140 valence electrons. The van der Waals surface area contributed by atoms with E-state index in [-0.39, 0.29) is 6.03 Å². The fourth-order valence-corrected chi connectivity index (χ4v) is 4.44. The molecule has 1 saturated carbocycles. The van der Waals surface area contributed by atoms with Crippen molar-refractivity contribution in [1.29, 1.82) is 5.26 Å². The van der Waals surface area contributed by atoms with E-state index in [1.165, 1.54) is 12.8 Å². The standard InChI is InChI=1S/C20H28N4O2/c1-3-22-20(25)23(2)19-16-6-7-17(19)14-24(13-16)10-11-26-18-8-4-15(12-21)5-9-18/h4-5,8-9,16-17,19H,3,6-7,10-11,13-14H2,1-2H3,(H,22,25). The van der Waals surface area contributed by atoms with Crippen LogP contribution in [0.25, 0.3) is 0 Å². The van der Waals surface area contributed by atoms with E-state index < -0.39 is 0 Å². The number of urea groups is 1. The third-order valence-electron chi connectivity index (χ3n) is 5.61. The number of nitrogens with one attached hydrogen (secondary N) is 1. The Morgan fingerprint density at radius 1 is 1.31 bits per heavy atom. The number of ether oxygens (including phenoxy) is 1. The predicted molar refractivity (Wildman–Crippen MR) is 99.9 cm³/mol. The molecule has 1 heterocycles. The van der Waals surface area contributed by atoms with Crippen molar-refractivity contribution in [2.75, 3.05) is 39.8 Å². The molecular formula is C20H28N4O2. The Balaban J connectivity index is 1.48. The smallest absolute Gasteiger partial charge is 0.317 e. The molecule has 0 aromatic heterocycles. The van der Waals surface area contributed by atoms with E-state index in [0.717, 1.165) is 25.4 Å². The SMILES string of the molecule is CCNC(=O)N(C)C1C2CCC1CN(CCOc1ccc(C#N)cc1)C2. The van der Waals surface area contributed by atoms with Crippen molar-refractivity contribution in [3.63, 3.8) is 0 Å². The molecule has 1 aliphatic heterocycles. The Kier molecular flexibility index (Phi) is 6.00. The van der Waals surface area contributed by atoms with Crippen LogP contribution in [0, 0.1) is 23.2 Å². The van der Waals surface area contributed by atoms with Crippen molar-refractivity contribution in [2.24, 2.45) is 11.8 Å². The number of rotatable bonds is 6. The fourth-order valence-electron chi connectivity index (χ4n) is 4.44. The molecular weight excluding hydrogens is 328 g/mol. The fraction of sp³-hybridized carbons (Fsp3) is 0.600. The summed E-state index contributed by atoms with van der Waals surface area (Å²) in [7, 11) is 1.94. The quantitative estimate of drug-likeness (QED) is 0.849. The predicted octanol–water partition coefficient (Wildman–Crippen LogP) is 2.31. The van der Waals surface area contributed by atoms with Gasteiger partial charge < -0.3 is 15.0 Å². The molecule has 2 unspecified atom stereocenters. The number of nitrogens with zero attached hydrogens (tertiary/aromatic N) is 3. The Morgan fingerprint density at radius 2 is 1.96 bits per heavy atom. The first-order chi connectivity index (χ1) is 12.6. The van der Waals surface area contributed by atoms with Crippen molar-refractivity contribution in [1.82, 2.24) is 15.1 Å². The van der Waals surface area contributed by atoms with Gasteiger partial charge >= 0.3 is 6.03 Å². The van der Waals surface area contributed by atoms with Gasteiger partial charge in [0.25, 0.3) is 0 Å². The van der Waals surface area contributed by atoms with Crippen LogP contribution < -0.4 is 10.1 Å². The lowest BCUT2D eigenvalue weighted by atomic mass is 9.91. The minimum absolute atomic E-state index is 0.0481. The van der Waals surface area contributed by atoms with Gasteiger partial charge in [-0.15, -0.1) is 0 Å². The molecule has 1 saturated heterocycles. The largest absolute Gasteiger partial charge is 0.492 e. The summed E-state index contributed by atoms with van der Waals surface area (Å²) in [5.41, 5.74) is 0.646. The van der Waals surface area contributed by atoms with Crippen molar-refractivity contribution in [3.8, 4) is 11.8 Å². The lowest BCUT2D eigenvalue weighted by Gasteiger charge is -2.42. The van der Waals surface area contributed by atoms with Gasteiger partial charge in [-0.2, -0.15) is 5.26 Å². The number of nitriles is 1. The molecule has 6 heteroatoms. The van der Waals surface area contributed by atoms with E-state index in [0.29, 0.717) is 36.6 Å². The van der Waals surface area contributed by atoms with Crippen LogP contribution >= 0.6 is 0 Å². The number of piperidine rings is 1. The normalized spacial score (nSPS) is 24.7. The highest BCUT2D eigenvalue weighted by atomic mass is 16.5. The van der Waals surface area contributed by atoms with Crippen LogP contribution in [0.2, 0.25) is 0 Å². The lowest BCUT2D eigenvalue weighted by Crippen LogP contribution is -2.55. The highest BCUT2D eigenvalue weighted by molar-refractivity contribution is 5.74. The van der Waals surface area contributed by atoms with Gasteiger partial charge in [-0.25, -0.2) is 4.79 Å². The topological polar surface area (TPSA) is 68.6 Å². The number of carbonyl (C=O) groups excluding carboxylic acids is 1. The van der Waals surface area contributed by atoms with E-state index in [4.69, 9.17) is 10.00 Å². The number of hydrogen-bond acceptors (Lipinski definition) is 4. The Bertz CT molecular complexity index is 641. The molecule has 1 N–H and O–H groups in total. The van der Waals surface area contributed by atoms with Crippen LogP contribution in [0.15, 0.2) is 24.3 Å². The highest BCUT2D eigenvalue weighted by Gasteiger charge is 2.44. The first-order valence-electron chi connectivity index (χ1n) is 9.48. The highest BCUT2D eigenvalue weighted by Crippen LogP contribution is 2.39. The zero-order valence-electron chi connectivity index (χ0n) is 15.6. The second kappa shape index (κ2) is 8.41. The molecule has 2 bridgehead atoms. The molecule has 2 amide bonds. The second-order valence-electron chi connectivity index (χ2n) is 7.28. The van der Waals surface area contributed by atoms with Crippen LogP contribution in [0.3, 0.4) is 0 Å². The van der Waals surface area contributed by atoms with E-state index >= 15 is 0 Å². The van der Waals surface area contributed by atoms with Gasteiger partial charge in [0.05, 0.1) is 11.6 Å². The lowest BCUT2D eigenvalue weighted by molar-refractivity contribution is 0.0688. The maximum Gasteiger partial charge on any atom is 0.317 e. The third-order valence-corrected chi connectivity index (χ3v) is 5.61. The maximum absolute atomic E-state index is 12.2. The van der Waals surface area contributed by atoms with Gasteiger partial charge in [-0.05, 0) is 55.9 Å². The summed E-state index contributed by atoms with van der Waals surface area (Å²) in [4.78, 5) is 16.6. The van der Waals surface area contributed by atoms with Crippen molar-refractivity contribution in [2.45, 2.75) is 25.8 Å². The summed E-state index contributed by atoms with van der Waals surface area (Å²) in [5.74, 6) is 1.91. The molecule has 0 radical (unpaired) electrons. The van der Waals surface area contributed by atoms with Crippen LogP contribution in [-0.4, -0.2) is 61.7 Å². The van der Waals surface area contributed by atoms with E-state index in [1.54, 1.807) is 12.1 Å². The molecule has 1 aromatic carbocycles. The molecule has 0 spiro atoms. The number of fused-ring (bicyclic) bond motifs is 2. The number of carbonyl (C=O) groups is 1. The Labute approximate surface area is 155 Å². The Hall–Kier alpha value is -2.26. The molecule has 1 aliphatic carbocycles. The number of likely N-dealkylation sites (tertiary alicyclic amines) is 1. The van der Waals surface area contributed by atoms with Gasteiger partial charge in [-0.1, -0.05) is 0 Å². The van der Waals surface area contributed by atoms with Crippen LogP contribution in [0.1, 0.15) is 25.3 Å². The number of amides is 2. The monoisotopic (exact) mass is 356 g/mol. The zero-order chi connectivity index (χ0) is 18.5. The van der Waals surface area contributed by atoms with Gasteiger partial charge in [0.1, 0.15) is 12.4 Å². The molecule has 2 aliphatic rings. The minimum atomic E-state index is 0.0481. The van der Waals surface area contributed by atoms with Gasteiger partial charge in [0.15, 0.2) is 0 Å². The zero-order valence-corrected chi connectivity index (χ0v) is 15.6. The third kappa shape index (κ3) is 4.10. The van der Waals surface area contributed by atoms with E-state index in [2.05, 4.69) is 16.3 Å². The first kappa shape index (κ1) is 18.5. The Morgan fingerprint density at radius 3 is 2.54 bits per heavy atom. The van der Waals surface area contributed by atoms with E-state index in [9.17, 15) is 4.79 Å². The molecule has 26 heavy (non-hydrogen) atoms. The van der Waals surface area contributed by atoms with Crippen LogP contribution in [0.5, 0.6) is 5.75 Å². The summed E-state index contributed by atoms with van der Waals surface area (Å²) < 4.78 is 5.82. The van der Waals surface area contributed by atoms with Crippen molar-refractivity contribution in [3.05, 3.63) is 29.8 Å². The van der Waals surface area contributed by atoms with Crippen molar-refractivity contribution >= 4 is 6.03 Å². The molecule has 6 nitrogen and oxygen atoms in total. The second-order valence-corrected chi connectivity index (χ2v) is 7.28. The molecule has 1 aromatic rings. The minimum Gasteiger partial charge on any atom is -0.492 e. The maximum atomic E-state index is 12.2. The number of hydrogen-bond donors (Lipinski definition) is 1. The van der Waals surface area contributed by atoms with Crippen LogP contribution in [0.4, 0.5) is 4.79 Å². The average Bonchev–Trinajstić information content (AvgIpc) is 2.92.